The van der Waals surface area contributed by atoms with Gasteiger partial charge in [-0.2, -0.15) is 0 Å². The maximum Gasteiger partial charge on any atom is 0.0725 e. The molecule has 0 aliphatic heterocycles. The van der Waals surface area contributed by atoms with Crippen molar-refractivity contribution in [2.24, 2.45) is 0 Å². The van der Waals surface area contributed by atoms with Gasteiger partial charge in [-0.25, -0.2) is 0 Å². The normalized spacial score (nSPS) is 13.7. The van der Waals surface area contributed by atoms with Crippen molar-refractivity contribution in [3.63, 3.8) is 0 Å². The minimum Gasteiger partial charge on any atom is -0.545 e. The molecule has 1 aromatic rings. The van der Waals surface area contributed by atoms with E-state index in [1.165, 1.54) is 0 Å². The quantitative estimate of drug-likeness (QED) is 0.175. The predicted octanol–water partition coefficient (Wildman–Crippen LogP) is 6.00. The maximum atomic E-state index is 13.0. The molecule has 0 amide bonds. The number of hydrogen-bond acceptors (Lipinski definition) is 6. The molecule has 6 heteroatoms. The molecule has 0 radical (unpaired) electrons. The zero-order valence-corrected chi connectivity index (χ0v) is 25.3. The Kier molecular flexibility index (Phi) is 16.1. The molecule has 1 rings (SSSR count). The topological polar surface area (TPSA) is 120 Å². The van der Waals surface area contributed by atoms with Gasteiger partial charge in [0.25, 0.3) is 0 Å². The summed E-state index contributed by atoms with van der Waals surface area (Å²) >= 11 is 0. The van der Waals surface area contributed by atoms with Crippen LogP contribution in [0.4, 0.5) is 0 Å². The number of unbranched alkanes of at least 4 members (excludes halogenated alkanes) is 6. The number of benzene rings is 1. The molecule has 0 N–H and O–H groups in total. The fraction of sp³-hybridized carbons (Fsp3) is 0.727. The van der Waals surface area contributed by atoms with Gasteiger partial charge in [0.1, 0.15) is 0 Å². The lowest BCUT2D eigenvalue weighted by Gasteiger charge is -2.36. The van der Waals surface area contributed by atoms with Crippen LogP contribution in [0.5, 0.6) is 0 Å². The van der Waals surface area contributed by atoms with E-state index in [1.54, 1.807) is 0 Å². The summed E-state index contributed by atoms with van der Waals surface area (Å²) in [5, 5.41) is 38.6. The van der Waals surface area contributed by atoms with Gasteiger partial charge in [0.05, 0.1) is 17.9 Å². The minimum absolute atomic E-state index is 0.0731. The summed E-state index contributed by atoms with van der Waals surface area (Å²) in [5.74, 6) is -5.62. The molecule has 0 fully saturated rings. The van der Waals surface area contributed by atoms with E-state index in [2.05, 4.69) is 20.8 Å². The van der Waals surface area contributed by atoms with E-state index in [4.69, 9.17) is 0 Å². The van der Waals surface area contributed by atoms with Crippen LogP contribution in [0.3, 0.4) is 0 Å². The molecule has 0 spiro atoms. The van der Waals surface area contributed by atoms with Crippen molar-refractivity contribution in [1.82, 2.24) is 0 Å². The van der Waals surface area contributed by atoms with E-state index >= 15 is 0 Å². The van der Waals surface area contributed by atoms with Crippen molar-refractivity contribution in [1.29, 1.82) is 0 Å². The highest BCUT2D eigenvalue weighted by Crippen LogP contribution is 2.45. The molecule has 3 atom stereocenters. The van der Waals surface area contributed by atoms with E-state index < -0.39 is 29.4 Å². The number of aromatic carboxylic acids is 3. The molecular weight excluding hydrogens is 492 g/mol. The fourth-order valence-electron chi connectivity index (χ4n) is 6.29. The van der Waals surface area contributed by atoms with Gasteiger partial charge in [0.15, 0.2) is 0 Å². The van der Waals surface area contributed by atoms with Crippen molar-refractivity contribution >= 4 is 17.9 Å². The van der Waals surface area contributed by atoms with E-state index in [1.807, 2.05) is 20.8 Å². The number of carbonyl (C=O) groups is 3. The first-order valence-corrected chi connectivity index (χ1v) is 15.5. The van der Waals surface area contributed by atoms with Crippen molar-refractivity contribution in [2.45, 2.75) is 156 Å². The number of carbonyl (C=O) groups excluding carboxylic acids is 3. The van der Waals surface area contributed by atoms with Gasteiger partial charge in [-0.15, -0.1) is 0 Å². The second-order valence-corrected chi connectivity index (χ2v) is 11.0. The smallest absolute Gasteiger partial charge is 0.0725 e. The Morgan fingerprint density at radius 1 is 0.462 bits per heavy atom. The lowest BCUT2D eigenvalue weighted by Crippen LogP contribution is -2.37. The van der Waals surface area contributed by atoms with E-state index in [9.17, 15) is 29.7 Å². The lowest BCUT2D eigenvalue weighted by molar-refractivity contribution is -0.260. The summed E-state index contributed by atoms with van der Waals surface area (Å²) in [4.78, 5) is 38.6. The summed E-state index contributed by atoms with van der Waals surface area (Å²) in [7, 11) is 0. The summed E-state index contributed by atoms with van der Waals surface area (Å²) in [6.45, 7) is 12.1. The summed E-state index contributed by atoms with van der Waals surface area (Å²) < 4.78 is 0. The van der Waals surface area contributed by atoms with Crippen LogP contribution in [-0.2, 0) is 0 Å². The van der Waals surface area contributed by atoms with E-state index in [0.29, 0.717) is 49.7 Å². The van der Waals surface area contributed by atoms with Crippen LogP contribution >= 0.6 is 0 Å². The van der Waals surface area contributed by atoms with Crippen molar-refractivity contribution < 1.29 is 29.7 Å². The predicted molar refractivity (Wildman–Crippen MR) is 151 cm³/mol. The molecule has 0 saturated carbocycles. The largest absolute Gasteiger partial charge is 0.545 e. The summed E-state index contributed by atoms with van der Waals surface area (Å²) in [5.41, 5.74) is -0.0868. The molecule has 6 nitrogen and oxygen atoms in total. The Bertz CT molecular complexity index is 935. The second-order valence-electron chi connectivity index (χ2n) is 11.0. The summed E-state index contributed by atoms with van der Waals surface area (Å²) in [6, 6.07) is 0. The monoisotopic (exact) mass is 543 g/mol. The first-order valence-electron chi connectivity index (χ1n) is 15.5. The third-order valence-electron chi connectivity index (χ3n) is 8.40. The van der Waals surface area contributed by atoms with Gasteiger partial charge in [-0.1, -0.05) is 99.3 Å². The second kappa shape index (κ2) is 18.1. The molecular formula is C33H51O6-3. The molecule has 39 heavy (non-hydrogen) atoms. The van der Waals surface area contributed by atoms with E-state index in [-0.39, 0.29) is 28.5 Å². The molecule has 3 unspecified atom stereocenters. The van der Waals surface area contributed by atoms with Crippen molar-refractivity contribution in [3.05, 3.63) is 33.4 Å². The molecule has 0 heterocycles. The number of hydrogen-bond donors (Lipinski definition) is 0. The Hall–Kier alpha value is -2.37. The number of carboxylic acids is 3. The maximum absolute atomic E-state index is 13.0. The van der Waals surface area contributed by atoms with Crippen LogP contribution < -0.4 is 15.3 Å². The molecule has 0 aliphatic carbocycles. The van der Waals surface area contributed by atoms with Crippen LogP contribution in [0.15, 0.2) is 0 Å². The first-order chi connectivity index (χ1) is 18.7. The molecule has 1 aromatic carbocycles. The van der Waals surface area contributed by atoms with Gasteiger partial charge in [0.2, 0.25) is 0 Å². The molecule has 0 bridgehead atoms. The van der Waals surface area contributed by atoms with Crippen LogP contribution in [0, 0.1) is 0 Å². The van der Waals surface area contributed by atoms with Gasteiger partial charge in [0, 0.05) is 16.7 Å². The molecule has 0 saturated heterocycles. The number of rotatable bonds is 21. The third-order valence-corrected chi connectivity index (χ3v) is 8.40. The highest BCUT2D eigenvalue weighted by molar-refractivity contribution is 6.07. The van der Waals surface area contributed by atoms with E-state index in [0.717, 1.165) is 57.8 Å². The Labute approximate surface area is 236 Å². The zero-order chi connectivity index (χ0) is 29.5. The highest BCUT2D eigenvalue weighted by atomic mass is 16.4. The fourth-order valence-corrected chi connectivity index (χ4v) is 6.29. The Morgan fingerprint density at radius 3 is 1.03 bits per heavy atom. The highest BCUT2D eigenvalue weighted by Gasteiger charge is 2.33. The minimum atomic E-state index is -1.66. The van der Waals surface area contributed by atoms with Gasteiger partial charge in [-0.3, -0.25) is 0 Å². The Morgan fingerprint density at radius 2 is 0.744 bits per heavy atom. The standard InChI is InChI=1S/C33H54O6/c1-7-13-16-19-22(10-4)25-26(23(11-5)20-17-14-8-2)29(32(36)37)30(33(38)39)27(28(25)31(34)35)24(12-6)21-18-15-9-3/h22-24H,7-21H2,1-6H3,(H,34,35)(H,36,37)(H,38,39)/p-3. The lowest BCUT2D eigenvalue weighted by atomic mass is 9.70. The first kappa shape index (κ1) is 34.7. The molecule has 222 valence electrons. The molecule has 0 aromatic heterocycles. The molecule has 0 aliphatic rings. The van der Waals surface area contributed by atoms with Crippen molar-refractivity contribution in [3.8, 4) is 0 Å². The SMILES string of the molecule is CCCCCC(CC)c1c(C(=O)[O-])c(C(=O)[O-])c(C(CC)CCCCC)c(C(CC)CCCCC)c1C(=O)[O-]. The zero-order valence-electron chi connectivity index (χ0n) is 25.3. The number of carboxylic acid groups (broad SMARTS) is 3. The van der Waals surface area contributed by atoms with Crippen LogP contribution in [0.25, 0.3) is 0 Å². The van der Waals surface area contributed by atoms with Crippen LogP contribution in [-0.4, -0.2) is 17.9 Å². The van der Waals surface area contributed by atoms with Crippen molar-refractivity contribution in [2.75, 3.05) is 0 Å². The third kappa shape index (κ3) is 9.08. The average molecular weight is 544 g/mol. The van der Waals surface area contributed by atoms with Crippen LogP contribution in [0.1, 0.15) is 203 Å². The van der Waals surface area contributed by atoms with Gasteiger partial charge in [-0.05, 0) is 73.0 Å². The van der Waals surface area contributed by atoms with Crippen LogP contribution in [0.2, 0.25) is 0 Å². The summed E-state index contributed by atoms with van der Waals surface area (Å²) in [6.07, 6.45) is 11.9. The Balaban J connectivity index is 4.33. The van der Waals surface area contributed by atoms with Gasteiger partial charge >= 0.3 is 0 Å². The van der Waals surface area contributed by atoms with Gasteiger partial charge < -0.3 is 29.7 Å². The average Bonchev–Trinajstić information content (AvgIpc) is 2.90.